The molecule has 0 heterocycles. The van der Waals surface area contributed by atoms with Gasteiger partial charge >= 0.3 is 0 Å². The summed E-state index contributed by atoms with van der Waals surface area (Å²) in [6.07, 6.45) is 6.25. The highest BCUT2D eigenvalue weighted by molar-refractivity contribution is 7.86. The molecule has 0 aliphatic rings. The molecule has 15 nitrogen and oxygen atoms in total. The van der Waals surface area contributed by atoms with E-state index in [1.165, 1.54) is 37.8 Å². The SMILES string of the molecule is CCCCCCCOCCOCCOCCOCCOCCOCCOCCOCCOCCOCCOCCOCCOS(=O)(=O)c1ccccc1. The van der Waals surface area contributed by atoms with E-state index in [1.807, 2.05) is 0 Å². The van der Waals surface area contributed by atoms with Gasteiger partial charge in [-0.3, -0.25) is 4.18 Å². The van der Waals surface area contributed by atoms with Gasteiger partial charge < -0.3 is 56.8 Å². The molecule has 1 aromatic carbocycles. The Morgan fingerprint density at radius 2 is 0.604 bits per heavy atom. The molecular weight excluding hydrogens is 716 g/mol. The quantitative estimate of drug-likeness (QED) is 0.0700. The van der Waals surface area contributed by atoms with E-state index in [1.54, 1.807) is 18.2 Å². The molecule has 0 saturated heterocycles. The minimum atomic E-state index is -3.76. The van der Waals surface area contributed by atoms with Crippen LogP contribution in [0.15, 0.2) is 35.2 Å². The lowest BCUT2D eigenvalue weighted by molar-refractivity contribution is -0.0285. The topological polar surface area (TPSA) is 154 Å². The number of hydrogen-bond donors (Lipinski definition) is 0. The van der Waals surface area contributed by atoms with Crippen LogP contribution >= 0.6 is 0 Å². The number of hydrogen-bond acceptors (Lipinski definition) is 15. The van der Waals surface area contributed by atoms with Crippen LogP contribution in [0.1, 0.15) is 39.0 Å². The first-order valence-corrected chi connectivity index (χ1v) is 20.4. The molecule has 0 amide bonds. The van der Waals surface area contributed by atoms with Gasteiger partial charge in [-0.15, -0.1) is 0 Å². The van der Waals surface area contributed by atoms with Gasteiger partial charge in [0.1, 0.15) is 0 Å². The summed E-state index contributed by atoms with van der Waals surface area (Å²) in [5.74, 6) is 0. The van der Waals surface area contributed by atoms with E-state index in [4.69, 9.17) is 61.0 Å². The fraction of sp³-hybridized carbons (Fsp3) is 0.838. The summed E-state index contributed by atoms with van der Waals surface area (Å²) >= 11 is 0. The molecule has 0 spiro atoms. The molecule has 53 heavy (non-hydrogen) atoms. The number of benzene rings is 1. The van der Waals surface area contributed by atoms with E-state index in [0.29, 0.717) is 145 Å². The minimum Gasteiger partial charge on any atom is -0.379 e. The summed E-state index contributed by atoms with van der Waals surface area (Å²) in [5.41, 5.74) is 0. The molecule has 0 saturated carbocycles. The van der Waals surface area contributed by atoms with Crippen molar-refractivity contribution in [2.24, 2.45) is 0 Å². The van der Waals surface area contributed by atoms with Gasteiger partial charge in [-0.2, -0.15) is 8.42 Å². The van der Waals surface area contributed by atoms with Crippen LogP contribution in [0.2, 0.25) is 0 Å². The van der Waals surface area contributed by atoms with Crippen LogP contribution in [-0.2, 0) is 71.1 Å². The normalized spacial score (nSPS) is 11.9. The third-order valence-electron chi connectivity index (χ3n) is 6.98. The van der Waals surface area contributed by atoms with E-state index in [9.17, 15) is 8.42 Å². The zero-order chi connectivity index (χ0) is 38.0. The fourth-order valence-corrected chi connectivity index (χ4v) is 5.10. The largest absolute Gasteiger partial charge is 0.379 e. The Kier molecular flexibility index (Phi) is 37.8. The highest BCUT2D eigenvalue weighted by Gasteiger charge is 2.13. The third-order valence-corrected chi connectivity index (χ3v) is 8.31. The minimum absolute atomic E-state index is 0.0591. The third kappa shape index (κ3) is 36.1. The Labute approximate surface area is 318 Å². The van der Waals surface area contributed by atoms with Crippen LogP contribution in [0, 0.1) is 0 Å². The first-order chi connectivity index (χ1) is 26.2. The summed E-state index contributed by atoms with van der Waals surface area (Å²) < 4.78 is 94.6. The van der Waals surface area contributed by atoms with Crippen molar-refractivity contribution in [2.75, 3.05) is 165 Å². The molecule has 16 heteroatoms. The van der Waals surface area contributed by atoms with E-state index >= 15 is 0 Å². The maximum absolute atomic E-state index is 12.0. The smallest absolute Gasteiger partial charge is 0.297 e. The van der Waals surface area contributed by atoms with Gasteiger partial charge in [0.2, 0.25) is 0 Å². The van der Waals surface area contributed by atoms with Crippen molar-refractivity contribution >= 4 is 10.1 Å². The second-order valence-electron chi connectivity index (χ2n) is 11.4. The lowest BCUT2D eigenvalue weighted by Gasteiger charge is -2.09. The van der Waals surface area contributed by atoms with Gasteiger partial charge in [0, 0.05) is 6.61 Å². The van der Waals surface area contributed by atoms with Crippen LogP contribution in [0.4, 0.5) is 0 Å². The summed E-state index contributed by atoms with van der Waals surface area (Å²) in [5, 5.41) is 0. The van der Waals surface area contributed by atoms with Gasteiger partial charge in [-0.1, -0.05) is 50.8 Å². The molecular formula is C37H68O15S. The zero-order valence-electron chi connectivity index (χ0n) is 32.1. The molecule has 0 aliphatic carbocycles. The van der Waals surface area contributed by atoms with Crippen LogP contribution < -0.4 is 0 Å². The highest BCUT2D eigenvalue weighted by Crippen LogP contribution is 2.10. The zero-order valence-corrected chi connectivity index (χ0v) is 32.9. The lowest BCUT2D eigenvalue weighted by atomic mass is 10.2. The Balaban J connectivity index is 1.64. The Morgan fingerprint density at radius 1 is 0.340 bits per heavy atom. The molecule has 1 aromatic rings. The first kappa shape index (κ1) is 49.7. The summed E-state index contributed by atoms with van der Waals surface area (Å²) in [6, 6.07) is 7.98. The Hall–Kier alpha value is -1.35. The monoisotopic (exact) mass is 784 g/mol. The van der Waals surface area contributed by atoms with Gasteiger partial charge in [-0.05, 0) is 18.6 Å². The Bertz CT molecular complexity index is 959. The maximum Gasteiger partial charge on any atom is 0.297 e. The van der Waals surface area contributed by atoms with E-state index in [2.05, 4.69) is 6.92 Å². The van der Waals surface area contributed by atoms with Crippen molar-refractivity contribution in [3.63, 3.8) is 0 Å². The molecule has 0 radical (unpaired) electrons. The summed E-state index contributed by atoms with van der Waals surface area (Å²) in [7, 11) is -3.76. The van der Waals surface area contributed by atoms with E-state index < -0.39 is 10.1 Å². The maximum atomic E-state index is 12.0. The van der Waals surface area contributed by atoms with Gasteiger partial charge in [0.15, 0.2) is 0 Å². The highest BCUT2D eigenvalue weighted by atomic mass is 32.2. The van der Waals surface area contributed by atoms with Gasteiger partial charge in [-0.25, -0.2) is 0 Å². The van der Waals surface area contributed by atoms with Crippen molar-refractivity contribution < 1.29 is 69.4 Å². The number of rotatable bonds is 44. The summed E-state index contributed by atoms with van der Waals surface area (Å²) in [4.78, 5) is 0.120. The second-order valence-corrected chi connectivity index (χ2v) is 13.0. The standard InChI is InChI=1S/C37H68O15S/c1-2-3-4-5-9-12-40-13-14-41-15-16-42-17-18-43-19-20-44-21-22-45-23-24-46-25-26-47-27-28-48-29-30-49-31-32-50-33-34-51-35-36-52-53(38,39)37-10-7-6-8-11-37/h6-8,10-11H,2-5,9,12-36H2,1H3. The average molecular weight is 785 g/mol. The van der Waals surface area contributed by atoms with E-state index in [0.717, 1.165) is 13.0 Å². The molecule has 0 bridgehead atoms. The predicted octanol–water partition coefficient (Wildman–Crippen LogP) is 3.56. The van der Waals surface area contributed by atoms with Crippen molar-refractivity contribution in [2.45, 2.75) is 43.9 Å². The van der Waals surface area contributed by atoms with Crippen molar-refractivity contribution in [3.8, 4) is 0 Å². The molecule has 0 aromatic heterocycles. The first-order valence-electron chi connectivity index (χ1n) is 19.0. The molecule has 0 atom stereocenters. The average Bonchev–Trinajstić information content (AvgIpc) is 3.17. The molecule has 1 rings (SSSR count). The second kappa shape index (κ2) is 40.3. The van der Waals surface area contributed by atoms with Crippen LogP contribution in [0.3, 0.4) is 0 Å². The van der Waals surface area contributed by atoms with E-state index in [-0.39, 0.29) is 18.1 Å². The number of ether oxygens (including phenoxy) is 12. The lowest BCUT2D eigenvalue weighted by Crippen LogP contribution is -2.16. The molecule has 0 aliphatic heterocycles. The van der Waals surface area contributed by atoms with Crippen LogP contribution in [-0.4, -0.2) is 174 Å². The summed E-state index contributed by atoms with van der Waals surface area (Å²) in [6.45, 7) is 13.9. The van der Waals surface area contributed by atoms with Crippen LogP contribution in [0.25, 0.3) is 0 Å². The fourth-order valence-electron chi connectivity index (χ4n) is 4.19. The molecule has 312 valence electrons. The molecule has 0 fully saturated rings. The van der Waals surface area contributed by atoms with Crippen molar-refractivity contribution in [1.82, 2.24) is 0 Å². The number of unbranched alkanes of at least 4 members (excludes halogenated alkanes) is 4. The Morgan fingerprint density at radius 3 is 0.906 bits per heavy atom. The molecule has 0 N–H and O–H groups in total. The van der Waals surface area contributed by atoms with Gasteiger partial charge in [0.25, 0.3) is 10.1 Å². The van der Waals surface area contributed by atoms with Crippen LogP contribution in [0.5, 0.6) is 0 Å². The predicted molar refractivity (Wildman–Crippen MR) is 198 cm³/mol. The van der Waals surface area contributed by atoms with Crippen molar-refractivity contribution in [1.29, 1.82) is 0 Å². The van der Waals surface area contributed by atoms with Gasteiger partial charge in [0.05, 0.1) is 163 Å². The van der Waals surface area contributed by atoms with Crippen molar-refractivity contribution in [3.05, 3.63) is 30.3 Å². The molecule has 0 unspecified atom stereocenters.